The number of rotatable bonds is 3. The monoisotopic (exact) mass is 238 g/mol. The van der Waals surface area contributed by atoms with Crippen molar-refractivity contribution in [3.8, 4) is 0 Å². The number of nitrogens with one attached hydrogen (secondary N) is 2. The van der Waals surface area contributed by atoms with Gasteiger partial charge in [-0.05, 0) is 24.4 Å². The van der Waals surface area contributed by atoms with Crippen molar-refractivity contribution >= 4 is 16.7 Å². The minimum Gasteiger partial charge on any atom is -0.364 e. The van der Waals surface area contributed by atoms with Crippen molar-refractivity contribution in [1.29, 1.82) is 0 Å². The molecule has 0 saturated carbocycles. The maximum Gasteiger partial charge on any atom is 0.129 e. The molecule has 0 aliphatic heterocycles. The van der Waals surface area contributed by atoms with Gasteiger partial charge in [-0.2, -0.15) is 0 Å². The summed E-state index contributed by atoms with van der Waals surface area (Å²) in [6.07, 6.45) is 1.57. The standard InChI is InChI=1S/C14H14N4/c1-10-6-14(17-9-16-10)15-8-12-7-11-4-2-3-5-13(11)18-12/h2-7,9,18H,8H2,1H3,(H,15,16,17). The van der Waals surface area contributed by atoms with Gasteiger partial charge in [0.15, 0.2) is 0 Å². The highest BCUT2D eigenvalue weighted by atomic mass is 15.0. The molecular formula is C14H14N4. The maximum absolute atomic E-state index is 4.17. The molecule has 1 aromatic carbocycles. The van der Waals surface area contributed by atoms with Crippen LogP contribution in [-0.4, -0.2) is 15.0 Å². The second kappa shape index (κ2) is 4.49. The molecule has 2 aromatic heterocycles. The Balaban J connectivity index is 1.76. The van der Waals surface area contributed by atoms with E-state index in [4.69, 9.17) is 0 Å². The highest BCUT2D eigenvalue weighted by Crippen LogP contribution is 2.15. The summed E-state index contributed by atoms with van der Waals surface area (Å²) in [6, 6.07) is 12.3. The van der Waals surface area contributed by atoms with Gasteiger partial charge in [0.2, 0.25) is 0 Å². The lowest BCUT2D eigenvalue weighted by molar-refractivity contribution is 1.03. The summed E-state index contributed by atoms with van der Waals surface area (Å²) < 4.78 is 0. The molecule has 90 valence electrons. The maximum atomic E-state index is 4.17. The number of benzene rings is 1. The topological polar surface area (TPSA) is 53.6 Å². The first kappa shape index (κ1) is 10.8. The predicted octanol–water partition coefficient (Wildman–Crippen LogP) is 2.88. The lowest BCUT2D eigenvalue weighted by atomic mass is 10.2. The Labute approximate surface area is 105 Å². The molecule has 3 rings (SSSR count). The smallest absolute Gasteiger partial charge is 0.129 e. The lowest BCUT2D eigenvalue weighted by Crippen LogP contribution is -2.02. The van der Waals surface area contributed by atoms with Gasteiger partial charge in [-0.25, -0.2) is 9.97 Å². The number of H-pyrrole nitrogens is 1. The van der Waals surface area contributed by atoms with Crippen LogP contribution in [0.2, 0.25) is 0 Å². The molecular weight excluding hydrogens is 224 g/mol. The number of hydrogen-bond donors (Lipinski definition) is 2. The van der Waals surface area contributed by atoms with E-state index in [0.717, 1.165) is 29.3 Å². The molecule has 0 atom stereocenters. The molecule has 0 amide bonds. The van der Waals surface area contributed by atoms with Gasteiger partial charge in [0, 0.05) is 23.0 Å². The van der Waals surface area contributed by atoms with Gasteiger partial charge in [0.05, 0.1) is 6.54 Å². The number of para-hydroxylation sites is 1. The number of anilines is 1. The van der Waals surface area contributed by atoms with Crippen LogP contribution in [0.3, 0.4) is 0 Å². The van der Waals surface area contributed by atoms with Gasteiger partial charge in [-0.3, -0.25) is 0 Å². The molecule has 0 aliphatic carbocycles. The van der Waals surface area contributed by atoms with E-state index in [9.17, 15) is 0 Å². The molecule has 4 heteroatoms. The molecule has 3 aromatic rings. The van der Waals surface area contributed by atoms with Crippen LogP contribution >= 0.6 is 0 Å². The summed E-state index contributed by atoms with van der Waals surface area (Å²) in [5.74, 6) is 0.848. The average molecular weight is 238 g/mol. The van der Waals surface area contributed by atoms with Crippen LogP contribution in [0.15, 0.2) is 42.7 Å². The summed E-state index contributed by atoms with van der Waals surface area (Å²) in [5.41, 5.74) is 3.27. The Kier molecular flexibility index (Phi) is 2.68. The first-order valence-corrected chi connectivity index (χ1v) is 5.90. The van der Waals surface area contributed by atoms with Crippen LogP contribution in [0.25, 0.3) is 10.9 Å². The molecule has 0 bridgehead atoms. The van der Waals surface area contributed by atoms with E-state index in [1.807, 2.05) is 25.1 Å². The van der Waals surface area contributed by atoms with E-state index in [-0.39, 0.29) is 0 Å². The van der Waals surface area contributed by atoms with E-state index in [1.165, 1.54) is 5.39 Å². The van der Waals surface area contributed by atoms with Gasteiger partial charge < -0.3 is 10.3 Å². The molecule has 4 nitrogen and oxygen atoms in total. The number of aromatic amines is 1. The molecule has 0 spiro atoms. The second-order valence-electron chi connectivity index (χ2n) is 4.28. The summed E-state index contributed by atoms with van der Waals surface area (Å²) in [7, 11) is 0. The largest absolute Gasteiger partial charge is 0.364 e. The van der Waals surface area contributed by atoms with Crippen molar-refractivity contribution in [2.24, 2.45) is 0 Å². The molecule has 0 unspecified atom stereocenters. The van der Waals surface area contributed by atoms with E-state index in [0.29, 0.717) is 0 Å². The summed E-state index contributed by atoms with van der Waals surface area (Å²) in [6.45, 7) is 2.68. The van der Waals surface area contributed by atoms with Crippen LogP contribution in [0.4, 0.5) is 5.82 Å². The molecule has 0 fully saturated rings. The van der Waals surface area contributed by atoms with Crippen molar-refractivity contribution in [2.75, 3.05) is 5.32 Å². The Morgan fingerprint density at radius 1 is 1.17 bits per heavy atom. The zero-order chi connectivity index (χ0) is 12.4. The Hall–Kier alpha value is -2.36. The minimum atomic E-state index is 0.727. The van der Waals surface area contributed by atoms with Crippen molar-refractivity contribution in [2.45, 2.75) is 13.5 Å². The average Bonchev–Trinajstić information content (AvgIpc) is 2.79. The third-order valence-electron chi connectivity index (χ3n) is 2.85. The Bertz CT molecular complexity index is 639. The highest BCUT2D eigenvalue weighted by molar-refractivity contribution is 5.80. The first-order valence-electron chi connectivity index (χ1n) is 5.90. The lowest BCUT2D eigenvalue weighted by Gasteiger charge is -2.03. The highest BCUT2D eigenvalue weighted by Gasteiger charge is 2.00. The van der Waals surface area contributed by atoms with Crippen LogP contribution < -0.4 is 5.32 Å². The summed E-state index contributed by atoms with van der Waals surface area (Å²) in [5, 5.41) is 4.51. The van der Waals surface area contributed by atoms with Crippen LogP contribution in [0.1, 0.15) is 11.4 Å². The normalized spacial score (nSPS) is 10.7. The molecule has 2 N–H and O–H groups in total. The molecule has 0 radical (unpaired) electrons. The number of aromatic nitrogens is 3. The predicted molar refractivity (Wildman–Crippen MR) is 72.4 cm³/mol. The number of aryl methyl sites for hydroxylation is 1. The van der Waals surface area contributed by atoms with Gasteiger partial charge in [0.1, 0.15) is 12.1 Å². The summed E-state index contributed by atoms with van der Waals surface area (Å²) >= 11 is 0. The van der Waals surface area contributed by atoms with Crippen molar-refractivity contribution in [3.63, 3.8) is 0 Å². The van der Waals surface area contributed by atoms with Gasteiger partial charge in [-0.1, -0.05) is 18.2 Å². The van der Waals surface area contributed by atoms with E-state index < -0.39 is 0 Å². The van der Waals surface area contributed by atoms with Crippen molar-refractivity contribution in [3.05, 3.63) is 54.1 Å². The summed E-state index contributed by atoms with van der Waals surface area (Å²) in [4.78, 5) is 11.6. The van der Waals surface area contributed by atoms with E-state index >= 15 is 0 Å². The quantitative estimate of drug-likeness (QED) is 0.737. The van der Waals surface area contributed by atoms with E-state index in [2.05, 4.69) is 38.5 Å². The zero-order valence-electron chi connectivity index (χ0n) is 10.1. The Morgan fingerprint density at radius 3 is 2.89 bits per heavy atom. The van der Waals surface area contributed by atoms with Crippen LogP contribution in [0, 0.1) is 6.92 Å². The van der Waals surface area contributed by atoms with Crippen LogP contribution in [-0.2, 0) is 6.54 Å². The third kappa shape index (κ3) is 2.18. The fraction of sp³-hybridized carbons (Fsp3) is 0.143. The van der Waals surface area contributed by atoms with Crippen molar-refractivity contribution in [1.82, 2.24) is 15.0 Å². The fourth-order valence-electron chi connectivity index (χ4n) is 1.97. The zero-order valence-corrected chi connectivity index (χ0v) is 10.1. The van der Waals surface area contributed by atoms with Gasteiger partial charge >= 0.3 is 0 Å². The minimum absolute atomic E-state index is 0.727. The molecule has 0 saturated heterocycles. The number of hydrogen-bond acceptors (Lipinski definition) is 3. The van der Waals surface area contributed by atoms with E-state index in [1.54, 1.807) is 6.33 Å². The molecule has 0 aliphatic rings. The number of fused-ring (bicyclic) bond motifs is 1. The van der Waals surface area contributed by atoms with Crippen molar-refractivity contribution < 1.29 is 0 Å². The molecule has 2 heterocycles. The molecule has 18 heavy (non-hydrogen) atoms. The second-order valence-corrected chi connectivity index (χ2v) is 4.28. The third-order valence-corrected chi connectivity index (χ3v) is 2.85. The fourth-order valence-corrected chi connectivity index (χ4v) is 1.97. The van der Waals surface area contributed by atoms with Gasteiger partial charge in [0.25, 0.3) is 0 Å². The first-order chi connectivity index (χ1) is 8.81. The number of nitrogens with zero attached hydrogens (tertiary/aromatic N) is 2. The van der Waals surface area contributed by atoms with Crippen LogP contribution in [0.5, 0.6) is 0 Å². The Morgan fingerprint density at radius 2 is 2.06 bits per heavy atom. The van der Waals surface area contributed by atoms with Gasteiger partial charge in [-0.15, -0.1) is 0 Å². The SMILES string of the molecule is Cc1cc(NCc2cc3ccccc3[nH]2)ncn1.